The summed E-state index contributed by atoms with van der Waals surface area (Å²) in [5.74, 6) is 0. The molecule has 0 fully saturated rings. The van der Waals surface area contributed by atoms with E-state index >= 15 is 0 Å². The van der Waals surface area contributed by atoms with Gasteiger partial charge in [0.15, 0.2) is 0 Å². The molecule has 2 N–H and O–H groups in total. The zero-order valence-electron chi connectivity index (χ0n) is 7.76. The molecule has 0 aliphatic heterocycles. The molecule has 0 saturated heterocycles. The van der Waals surface area contributed by atoms with E-state index in [1.807, 2.05) is 0 Å². The van der Waals surface area contributed by atoms with Crippen LogP contribution in [0.25, 0.3) is 0 Å². The van der Waals surface area contributed by atoms with Gasteiger partial charge in [0.1, 0.15) is 0 Å². The first-order valence-corrected chi connectivity index (χ1v) is 4.77. The zero-order valence-corrected chi connectivity index (χ0v) is 8.92. The second kappa shape index (κ2) is 5.08. The molecule has 0 aromatic carbocycles. The lowest BCUT2D eigenvalue weighted by atomic mass is 10.1. The molecule has 2 atom stereocenters. The fourth-order valence-electron chi connectivity index (χ4n) is 0.550. The van der Waals surface area contributed by atoms with Gasteiger partial charge in [0, 0.05) is 6.61 Å². The minimum Gasteiger partial charge on any atom is -0.375 e. The highest BCUT2D eigenvalue weighted by Crippen LogP contribution is 2.21. The van der Waals surface area contributed by atoms with Gasteiger partial charge in [-0.05, 0) is 32.5 Å². The van der Waals surface area contributed by atoms with Crippen molar-refractivity contribution in [2.45, 2.75) is 38.5 Å². The van der Waals surface area contributed by atoms with E-state index in [-0.39, 0.29) is 5.60 Å². The molecule has 2 nitrogen and oxygen atoms in total. The second-order valence-electron chi connectivity index (χ2n) is 3.38. The fourth-order valence-corrected chi connectivity index (χ4v) is 0.646. The van der Waals surface area contributed by atoms with Crippen molar-refractivity contribution >= 4 is 9.24 Å². The Kier molecular flexibility index (Phi) is 5.24. The van der Waals surface area contributed by atoms with Crippen LogP contribution in [0.4, 0.5) is 0 Å². The van der Waals surface area contributed by atoms with E-state index in [0.717, 1.165) is 13.0 Å². The molecule has 0 aromatic heterocycles. The maximum atomic E-state index is 5.63. The third kappa shape index (κ3) is 4.73. The molecular formula is C8H20NOP. The van der Waals surface area contributed by atoms with E-state index in [1.165, 1.54) is 0 Å². The average Bonchev–Trinajstić information content (AvgIpc) is 1.88. The van der Waals surface area contributed by atoms with E-state index in [2.05, 4.69) is 30.0 Å². The molecule has 11 heavy (non-hydrogen) atoms. The Hall–Kier alpha value is 0.350. The minimum atomic E-state index is -0.0418. The summed E-state index contributed by atoms with van der Waals surface area (Å²) in [5, 5.41) is 0. The molecule has 68 valence electrons. The van der Waals surface area contributed by atoms with Gasteiger partial charge in [-0.25, -0.2) is 0 Å². The lowest BCUT2D eigenvalue weighted by molar-refractivity contribution is -0.0161. The topological polar surface area (TPSA) is 35.2 Å². The summed E-state index contributed by atoms with van der Waals surface area (Å²) in [5.41, 5.74) is 5.78. The third-order valence-corrected chi connectivity index (χ3v) is 2.72. The van der Waals surface area contributed by atoms with Crippen molar-refractivity contribution in [1.82, 2.24) is 0 Å². The van der Waals surface area contributed by atoms with Gasteiger partial charge in [0.25, 0.3) is 0 Å². The summed E-state index contributed by atoms with van der Waals surface area (Å²) in [6.45, 7) is 7.80. The number of hydrogen-bond donors (Lipinski definition) is 1. The highest BCUT2D eigenvalue weighted by molar-refractivity contribution is 7.17. The maximum absolute atomic E-state index is 5.63. The van der Waals surface area contributed by atoms with E-state index in [4.69, 9.17) is 10.5 Å². The largest absolute Gasteiger partial charge is 0.375 e. The van der Waals surface area contributed by atoms with E-state index in [9.17, 15) is 0 Å². The van der Waals surface area contributed by atoms with Gasteiger partial charge in [-0.1, -0.05) is 6.92 Å². The predicted octanol–water partition coefficient (Wildman–Crippen LogP) is 1.39. The summed E-state index contributed by atoms with van der Waals surface area (Å²) in [6, 6.07) is 0. The molecule has 0 amide bonds. The molecule has 0 aromatic rings. The Morgan fingerprint density at radius 2 is 2.09 bits per heavy atom. The molecule has 3 heteroatoms. The van der Waals surface area contributed by atoms with Crippen LogP contribution >= 0.6 is 9.24 Å². The lowest BCUT2D eigenvalue weighted by Crippen LogP contribution is -2.33. The Labute approximate surface area is 72.1 Å². The molecule has 0 saturated carbocycles. The Balaban J connectivity index is 3.55. The van der Waals surface area contributed by atoms with Crippen molar-refractivity contribution in [3.63, 3.8) is 0 Å². The van der Waals surface area contributed by atoms with Crippen LogP contribution in [0.5, 0.6) is 0 Å². The van der Waals surface area contributed by atoms with Gasteiger partial charge in [-0.3, -0.25) is 0 Å². The highest BCUT2D eigenvalue weighted by Gasteiger charge is 2.22. The summed E-state index contributed by atoms with van der Waals surface area (Å²) >= 11 is 0. The van der Waals surface area contributed by atoms with Crippen molar-refractivity contribution < 1.29 is 4.74 Å². The standard InChI is InChI=1S/C8H20NOP/c1-7(11)8(2,3)10-6-4-5-9/h7H,4-6,9,11H2,1-3H3. The van der Waals surface area contributed by atoms with Gasteiger partial charge in [0.2, 0.25) is 0 Å². The van der Waals surface area contributed by atoms with Gasteiger partial charge < -0.3 is 10.5 Å². The highest BCUT2D eigenvalue weighted by atomic mass is 31.0. The molecule has 0 rings (SSSR count). The van der Waals surface area contributed by atoms with E-state index in [1.54, 1.807) is 0 Å². The quantitative estimate of drug-likeness (QED) is 0.509. The van der Waals surface area contributed by atoms with Crippen LogP contribution in [0.15, 0.2) is 0 Å². The van der Waals surface area contributed by atoms with Gasteiger partial charge in [-0.15, -0.1) is 9.24 Å². The van der Waals surface area contributed by atoms with Gasteiger partial charge >= 0.3 is 0 Å². The summed E-state index contributed by atoms with van der Waals surface area (Å²) in [4.78, 5) is 0. The van der Waals surface area contributed by atoms with Gasteiger partial charge in [0.05, 0.1) is 5.60 Å². The number of ether oxygens (including phenoxy) is 1. The smallest absolute Gasteiger partial charge is 0.0686 e. The SMILES string of the molecule is CC(P)C(C)(C)OCCCN. The van der Waals surface area contributed by atoms with E-state index in [0.29, 0.717) is 12.2 Å². The van der Waals surface area contributed by atoms with Crippen LogP contribution in [0, 0.1) is 0 Å². The number of rotatable bonds is 5. The summed E-state index contributed by atoms with van der Waals surface area (Å²) in [6.07, 6.45) is 0.945. The fraction of sp³-hybridized carbons (Fsp3) is 1.00. The van der Waals surface area contributed by atoms with Crippen LogP contribution in [-0.2, 0) is 4.74 Å². The van der Waals surface area contributed by atoms with Crippen molar-refractivity contribution in [3.05, 3.63) is 0 Å². The maximum Gasteiger partial charge on any atom is 0.0686 e. The van der Waals surface area contributed by atoms with Crippen molar-refractivity contribution in [3.8, 4) is 0 Å². The molecule has 2 unspecified atom stereocenters. The normalized spacial score (nSPS) is 15.0. The number of hydrogen-bond acceptors (Lipinski definition) is 2. The third-order valence-electron chi connectivity index (χ3n) is 1.92. The molecule has 0 bridgehead atoms. The second-order valence-corrected chi connectivity index (χ2v) is 4.38. The van der Waals surface area contributed by atoms with E-state index < -0.39 is 0 Å². The molecule has 0 aliphatic rings. The lowest BCUT2D eigenvalue weighted by Gasteiger charge is -2.29. The van der Waals surface area contributed by atoms with Crippen LogP contribution in [0.1, 0.15) is 27.2 Å². The first-order chi connectivity index (χ1) is 5.00. The van der Waals surface area contributed by atoms with Crippen LogP contribution < -0.4 is 5.73 Å². The van der Waals surface area contributed by atoms with Crippen molar-refractivity contribution in [2.24, 2.45) is 5.73 Å². The molecule has 0 aliphatic carbocycles. The Morgan fingerprint density at radius 3 is 2.45 bits per heavy atom. The number of nitrogens with two attached hydrogens (primary N) is 1. The molecule has 0 spiro atoms. The monoisotopic (exact) mass is 177 g/mol. The van der Waals surface area contributed by atoms with Crippen molar-refractivity contribution in [2.75, 3.05) is 13.2 Å². The molecule has 0 radical (unpaired) electrons. The Bertz CT molecular complexity index is 104. The zero-order chi connectivity index (χ0) is 8.91. The first-order valence-electron chi connectivity index (χ1n) is 4.10. The molecule has 0 heterocycles. The minimum absolute atomic E-state index is 0.0418. The van der Waals surface area contributed by atoms with Crippen molar-refractivity contribution in [1.29, 1.82) is 0 Å². The summed E-state index contributed by atoms with van der Waals surface area (Å²) < 4.78 is 5.63. The van der Waals surface area contributed by atoms with Crippen LogP contribution in [0.2, 0.25) is 0 Å². The average molecular weight is 177 g/mol. The van der Waals surface area contributed by atoms with Gasteiger partial charge in [-0.2, -0.15) is 0 Å². The van der Waals surface area contributed by atoms with Crippen LogP contribution in [0.3, 0.4) is 0 Å². The Morgan fingerprint density at radius 1 is 1.55 bits per heavy atom. The summed E-state index contributed by atoms with van der Waals surface area (Å²) in [7, 11) is 2.76. The van der Waals surface area contributed by atoms with Crippen LogP contribution in [-0.4, -0.2) is 24.4 Å². The molecular weight excluding hydrogens is 157 g/mol. The first kappa shape index (κ1) is 11.4. The predicted molar refractivity (Wildman–Crippen MR) is 52.9 cm³/mol.